The van der Waals surface area contributed by atoms with Gasteiger partial charge in [-0.2, -0.15) is 0 Å². The van der Waals surface area contributed by atoms with E-state index in [1.54, 1.807) is 42.5 Å². The molecule has 0 aromatic heterocycles. The third kappa shape index (κ3) is 5.83. The van der Waals surface area contributed by atoms with Crippen LogP contribution < -0.4 is 9.62 Å². The number of rotatable bonds is 5. The number of piperazine rings is 1. The first-order valence-corrected chi connectivity index (χ1v) is 13.9. The Balaban J connectivity index is 1.37. The first-order valence-electron chi connectivity index (χ1n) is 12.5. The van der Waals surface area contributed by atoms with Crippen molar-refractivity contribution >= 4 is 27.5 Å². The number of sulfonamides is 1. The van der Waals surface area contributed by atoms with E-state index in [-0.39, 0.29) is 17.2 Å². The molecule has 1 fully saturated rings. The lowest BCUT2D eigenvalue weighted by Gasteiger charge is -2.36. The van der Waals surface area contributed by atoms with Crippen molar-refractivity contribution in [2.24, 2.45) is 0 Å². The van der Waals surface area contributed by atoms with Crippen molar-refractivity contribution in [2.75, 3.05) is 31.1 Å². The summed E-state index contributed by atoms with van der Waals surface area (Å²) in [5.41, 5.74) is 4.61. The SMILES string of the molecule is Cc1cc(C(=O)N2CCN(c3ccc(C(=O)NS(=O)(=O)C(C)(C)C)cc3)CC2)ccc1-c1cccc(O)c1. The Bertz CT molecular complexity index is 1450. The van der Waals surface area contributed by atoms with Crippen LogP contribution in [0.5, 0.6) is 5.75 Å². The Morgan fingerprint density at radius 2 is 1.50 bits per heavy atom. The minimum atomic E-state index is -3.79. The number of hydrogen-bond acceptors (Lipinski definition) is 6. The first kappa shape index (κ1) is 27.2. The maximum absolute atomic E-state index is 13.2. The van der Waals surface area contributed by atoms with Crippen molar-refractivity contribution in [2.45, 2.75) is 32.4 Å². The molecule has 0 atom stereocenters. The summed E-state index contributed by atoms with van der Waals surface area (Å²) in [6.07, 6.45) is 0. The summed E-state index contributed by atoms with van der Waals surface area (Å²) in [7, 11) is -3.79. The fraction of sp³-hybridized carbons (Fsp3) is 0.310. The van der Waals surface area contributed by atoms with E-state index in [2.05, 4.69) is 9.62 Å². The van der Waals surface area contributed by atoms with Crippen LogP contribution in [0, 0.1) is 6.92 Å². The van der Waals surface area contributed by atoms with E-state index in [4.69, 9.17) is 0 Å². The van der Waals surface area contributed by atoms with Gasteiger partial charge in [-0.05, 0) is 92.9 Å². The normalized spacial score (nSPS) is 14.3. The summed E-state index contributed by atoms with van der Waals surface area (Å²) >= 11 is 0. The average molecular weight is 536 g/mol. The smallest absolute Gasteiger partial charge is 0.264 e. The van der Waals surface area contributed by atoms with Crippen molar-refractivity contribution < 1.29 is 23.1 Å². The summed E-state index contributed by atoms with van der Waals surface area (Å²) in [5.74, 6) is -0.485. The van der Waals surface area contributed by atoms with E-state index in [9.17, 15) is 23.1 Å². The van der Waals surface area contributed by atoms with Gasteiger partial charge in [-0.1, -0.05) is 18.2 Å². The van der Waals surface area contributed by atoms with Gasteiger partial charge in [0.05, 0.1) is 4.75 Å². The van der Waals surface area contributed by atoms with E-state index in [1.165, 1.54) is 20.8 Å². The molecule has 0 bridgehead atoms. The van der Waals surface area contributed by atoms with Crippen LogP contribution in [-0.4, -0.2) is 61.2 Å². The van der Waals surface area contributed by atoms with Crippen LogP contribution >= 0.6 is 0 Å². The van der Waals surface area contributed by atoms with Crippen molar-refractivity contribution in [3.63, 3.8) is 0 Å². The fourth-order valence-electron chi connectivity index (χ4n) is 4.30. The van der Waals surface area contributed by atoms with Crippen LogP contribution in [0.4, 0.5) is 5.69 Å². The monoisotopic (exact) mass is 535 g/mol. The van der Waals surface area contributed by atoms with E-state index in [0.29, 0.717) is 31.7 Å². The second-order valence-electron chi connectivity index (χ2n) is 10.5. The van der Waals surface area contributed by atoms with Crippen LogP contribution in [-0.2, 0) is 10.0 Å². The van der Waals surface area contributed by atoms with Gasteiger partial charge in [0, 0.05) is 43.0 Å². The number of amides is 2. The van der Waals surface area contributed by atoms with Crippen LogP contribution in [0.1, 0.15) is 47.1 Å². The van der Waals surface area contributed by atoms with Gasteiger partial charge < -0.3 is 14.9 Å². The van der Waals surface area contributed by atoms with Crippen molar-refractivity contribution in [1.82, 2.24) is 9.62 Å². The van der Waals surface area contributed by atoms with Crippen LogP contribution in [0.2, 0.25) is 0 Å². The van der Waals surface area contributed by atoms with Gasteiger partial charge >= 0.3 is 0 Å². The lowest BCUT2D eigenvalue weighted by molar-refractivity contribution is 0.0746. The quantitative estimate of drug-likeness (QED) is 0.508. The molecule has 0 aliphatic carbocycles. The maximum Gasteiger partial charge on any atom is 0.264 e. The number of aromatic hydroxyl groups is 1. The number of phenols is 1. The number of nitrogens with zero attached hydrogens (tertiary/aromatic N) is 2. The number of carbonyl (C=O) groups excluding carboxylic acids is 2. The Labute approximate surface area is 224 Å². The minimum absolute atomic E-state index is 0.0257. The molecule has 0 saturated carbocycles. The minimum Gasteiger partial charge on any atom is -0.508 e. The highest BCUT2D eigenvalue weighted by atomic mass is 32.2. The molecule has 0 unspecified atom stereocenters. The lowest BCUT2D eigenvalue weighted by atomic mass is 9.98. The molecule has 200 valence electrons. The highest BCUT2D eigenvalue weighted by Gasteiger charge is 2.31. The largest absolute Gasteiger partial charge is 0.508 e. The van der Waals surface area contributed by atoms with Gasteiger partial charge in [0.25, 0.3) is 11.8 Å². The molecule has 2 amide bonds. The van der Waals surface area contributed by atoms with E-state index >= 15 is 0 Å². The standard InChI is InChI=1S/C29H33N3O5S/c1-20-18-23(10-13-26(20)22-6-5-7-25(33)19-22)28(35)32-16-14-31(15-17-32)24-11-8-21(9-12-24)27(34)30-38(36,37)29(2,3)4/h5-13,18-19,33H,14-17H2,1-4H3,(H,30,34). The molecule has 1 heterocycles. The Morgan fingerprint density at radius 3 is 2.08 bits per heavy atom. The average Bonchev–Trinajstić information content (AvgIpc) is 2.87. The first-order chi connectivity index (χ1) is 17.9. The zero-order chi connectivity index (χ0) is 27.7. The van der Waals surface area contributed by atoms with Gasteiger partial charge in [-0.3, -0.25) is 9.59 Å². The molecule has 8 nitrogen and oxygen atoms in total. The summed E-state index contributed by atoms with van der Waals surface area (Å²) < 4.78 is 25.6. The third-order valence-electron chi connectivity index (χ3n) is 6.73. The van der Waals surface area contributed by atoms with Gasteiger partial charge in [0.15, 0.2) is 0 Å². The summed E-state index contributed by atoms with van der Waals surface area (Å²) in [5, 5.41) is 9.78. The second kappa shape index (κ2) is 10.5. The molecule has 38 heavy (non-hydrogen) atoms. The number of nitrogens with one attached hydrogen (secondary N) is 1. The molecular weight excluding hydrogens is 502 g/mol. The zero-order valence-corrected chi connectivity index (χ0v) is 22.9. The van der Waals surface area contributed by atoms with Gasteiger partial charge in [-0.25, -0.2) is 13.1 Å². The highest BCUT2D eigenvalue weighted by molar-refractivity contribution is 7.91. The van der Waals surface area contributed by atoms with E-state index < -0.39 is 20.7 Å². The Hall–Kier alpha value is -3.85. The van der Waals surface area contributed by atoms with Gasteiger partial charge in [0.1, 0.15) is 5.75 Å². The fourth-order valence-corrected chi connectivity index (χ4v) is 4.97. The van der Waals surface area contributed by atoms with Crippen molar-refractivity contribution in [3.05, 3.63) is 83.4 Å². The number of aryl methyl sites for hydroxylation is 1. The molecule has 1 aliphatic heterocycles. The molecule has 0 spiro atoms. The summed E-state index contributed by atoms with van der Waals surface area (Å²) in [6, 6.07) is 19.5. The maximum atomic E-state index is 13.2. The van der Waals surface area contributed by atoms with Crippen LogP contribution in [0.25, 0.3) is 11.1 Å². The molecule has 3 aromatic rings. The zero-order valence-electron chi connectivity index (χ0n) is 22.1. The molecule has 9 heteroatoms. The second-order valence-corrected chi connectivity index (χ2v) is 12.9. The Morgan fingerprint density at radius 1 is 0.868 bits per heavy atom. The summed E-state index contributed by atoms with van der Waals surface area (Å²) in [4.78, 5) is 29.6. The molecule has 1 saturated heterocycles. The summed E-state index contributed by atoms with van der Waals surface area (Å²) in [6.45, 7) is 8.93. The van der Waals surface area contributed by atoms with E-state index in [0.717, 1.165) is 22.4 Å². The third-order valence-corrected chi connectivity index (χ3v) is 8.79. The lowest BCUT2D eigenvalue weighted by Crippen LogP contribution is -2.48. The van der Waals surface area contributed by atoms with E-state index in [1.807, 2.05) is 36.1 Å². The number of carbonyl (C=O) groups is 2. The number of benzene rings is 3. The molecular formula is C29H33N3O5S. The molecule has 1 aliphatic rings. The number of anilines is 1. The topological polar surface area (TPSA) is 107 Å². The van der Waals surface area contributed by atoms with Gasteiger partial charge in [-0.15, -0.1) is 0 Å². The van der Waals surface area contributed by atoms with Crippen LogP contribution in [0.3, 0.4) is 0 Å². The number of hydrogen-bond donors (Lipinski definition) is 2. The predicted octanol–water partition coefficient (Wildman–Crippen LogP) is 4.19. The highest BCUT2D eigenvalue weighted by Crippen LogP contribution is 2.28. The predicted molar refractivity (Wildman–Crippen MR) is 149 cm³/mol. The number of phenolic OH excluding ortho intramolecular Hbond substituents is 1. The molecule has 3 aromatic carbocycles. The van der Waals surface area contributed by atoms with Crippen molar-refractivity contribution in [1.29, 1.82) is 0 Å². The van der Waals surface area contributed by atoms with Gasteiger partial charge in [0.2, 0.25) is 10.0 Å². The van der Waals surface area contributed by atoms with Crippen molar-refractivity contribution in [3.8, 4) is 16.9 Å². The molecule has 2 N–H and O–H groups in total. The Kier molecular flexibility index (Phi) is 7.51. The molecule has 0 radical (unpaired) electrons. The van der Waals surface area contributed by atoms with Crippen LogP contribution in [0.15, 0.2) is 66.7 Å². The molecule has 4 rings (SSSR count).